The number of esters is 1. The number of carbonyl (C=O) groups is 1. The first-order valence-corrected chi connectivity index (χ1v) is 8.19. The van der Waals surface area contributed by atoms with Crippen LogP contribution in [0.15, 0.2) is 54.6 Å². The summed E-state index contributed by atoms with van der Waals surface area (Å²) in [6.07, 6.45) is 3.16. The molecule has 0 aliphatic rings. The molecule has 0 saturated heterocycles. The van der Waals surface area contributed by atoms with Gasteiger partial charge in [0.05, 0.1) is 6.61 Å². The van der Waals surface area contributed by atoms with E-state index in [1.54, 1.807) is 0 Å². The lowest BCUT2D eigenvalue weighted by Crippen LogP contribution is -2.07. The Labute approximate surface area is 138 Å². The van der Waals surface area contributed by atoms with Gasteiger partial charge >= 0.3 is 5.97 Å². The van der Waals surface area contributed by atoms with Gasteiger partial charge in [-0.05, 0) is 29.7 Å². The predicted octanol–water partition coefficient (Wildman–Crippen LogP) is 4.54. The van der Waals surface area contributed by atoms with E-state index >= 15 is 0 Å². The zero-order valence-electron chi connectivity index (χ0n) is 13.7. The van der Waals surface area contributed by atoms with Crippen LogP contribution in [0, 0.1) is 0 Å². The molecule has 3 nitrogen and oxygen atoms in total. The molecule has 0 bridgehead atoms. The summed E-state index contributed by atoms with van der Waals surface area (Å²) in [6.45, 7) is 3.07. The van der Waals surface area contributed by atoms with E-state index in [-0.39, 0.29) is 5.97 Å². The molecular weight excluding hydrogens is 288 g/mol. The molecule has 3 heteroatoms. The molecule has 2 rings (SSSR count). The second-order valence-electron chi connectivity index (χ2n) is 5.49. The van der Waals surface area contributed by atoms with Gasteiger partial charge in [-0.1, -0.05) is 55.8 Å². The number of ether oxygens (including phenoxy) is 2. The molecule has 0 N–H and O–H groups in total. The van der Waals surface area contributed by atoms with Gasteiger partial charge in [0, 0.05) is 12.8 Å². The lowest BCUT2D eigenvalue weighted by molar-refractivity contribution is -0.143. The molecule has 2 aromatic rings. The van der Waals surface area contributed by atoms with Crippen LogP contribution in [0.3, 0.4) is 0 Å². The average Bonchev–Trinajstić information content (AvgIpc) is 2.60. The topological polar surface area (TPSA) is 35.5 Å². The smallest absolute Gasteiger partial charge is 0.305 e. The van der Waals surface area contributed by atoms with E-state index in [0.29, 0.717) is 19.6 Å². The van der Waals surface area contributed by atoms with E-state index < -0.39 is 0 Å². The first kappa shape index (κ1) is 17.1. The summed E-state index contributed by atoms with van der Waals surface area (Å²) in [5, 5.41) is 0. The van der Waals surface area contributed by atoms with Crippen LogP contribution in [-0.2, 0) is 22.6 Å². The van der Waals surface area contributed by atoms with Crippen molar-refractivity contribution in [3.05, 3.63) is 65.7 Å². The molecular formula is C20H24O3. The highest BCUT2D eigenvalue weighted by molar-refractivity contribution is 5.69. The minimum Gasteiger partial charge on any atom is -0.489 e. The molecule has 2 aromatic carbocycles. The molecule has 0 amide bonds. The van der Waals surface area contributed by atoms with Gasteiger partial charge in [-0.2, -0.15) is 0 Å². The monoisotopic (exact) mass is 312 g/mol. The van der Waals surface area contributed by atoms with Crippen LogP contribution in [0.5, 0.6) is 5.75 Å². The third kappa shape index (κ3) is 6.55. The fourth-order valence-corrected chi connectivity index (χ4v) is 2.17. The normalized spacial score (nSPS) is 10.3. The highest BCUT2D eigenvalue weighted by Crippen LogP contribution is 2.14. The fourth-order valence-electron chi connectivity index (χ4n) is 2.17. The maximum Gasteiger partial charge on any atom is 0.305 e. The molecule has 0 saturated carbocycles. The average molecular weight is 312 g/mol. The van der Waals surface area contributed by atoms with E-state index in [2.05, 4.69) is 6.92 Å². The Balaban J connectivity index is 1.71. The fraction of sp³-hybridized carbons (Fsp3) is 0.350. The van der Waals surface area contributed by atoms with Crippen molar-refractivity contribution in [2.24, 2.45) is 0 Å². The van der Waals surface area contributed by atoms with E-state index in [9.17, 15) is 4.79 Å². The molecule has 0 aliphatic heterocycles. The minimum atomic E-state index is -0.102. The number of benzene rings is 2. The molecule has 122 valence electrons. The molecule has 0 atom stereocenters. The first-order valence-electron chi connectivity index (χ1n) is 8.19. The summed E-state index contributed by atoms with van der Waals surface area (Å²) in [7, 11) is 0. The Hall–Kier alpha value is -2.29. The zero-order chi connectivity index (χ0) is 16.3. The molecule has 0 radical (unpaired) electrons. The van der Waals surface area contributed by atoms with Crippen molar-refractivity contribution in [3.63, 3.8) is 0 Å². The Morgan fingerprint density at radius 3 is 2.39 bits per heavy atom. The third-order valence-corrected chi connectivity index (χ3v) is 3.56. The van der Waals surface area contributed by atoms with Crippen molar-refractivity contribution >= 4 is 5.97 Å². The Bertz CT molecular complexity index is 576. The van der Waals surface area contributed by atoms with Crippen LogP contribution in [0.2, 0.25) is 0 Å². The predicted molar refractivity (Wildman–Crippen MR) is 91.4 cm³/mol. The van der Waals surface area contributed by atoms with Crippen LogP contribution in [-0.4, -0.2) is 12.6 Å². The van der Waals surface area contributed by atoms with Gasteiger partial charge in [0.15, 0.2) is 0 Å². The molecule has 23 heavy (non-hydrogen) atoms. The van der Waals surface area contributed by atoms with Crippen molar-refractivity contribution in [2.45, 2.75) is 39.2 Å². The van der Waals surface area contributed by atoms with Crippen LogP contribution >= 0.6 is 0 Å². The summed E-state index contributed by atoms with van der Waals surface area (Å²) in [4.78, 5) is 11.4. The highest BCUT2D eigenvalue weighted by Gasteiger charge is 2.02. The number of rotatable bonds is 9. The Morgan fingerprint density at radius 1 is 0.957 bits per heavy atom. The molecule has 0 aromatic heterocycles. The van der Waals surface area contributed by atoms with Gasteiger partial charge in [0.25, 0.3) is 0 Å². The van der Waals surface area contributed by atoms with Gasteiger partial charge in [0.2, 0.25) is 0 Å². The van der Waals surface area contributed by atoms with E-state index in [4.69, 9.17) is 9.47 Å². The van der Waals surface area contributed by atoms with Crippen molar-refractivity contribution in [2.75, 3.05) is 6.61 Å². The molecule has 0 aliphatic carbocycles. The molecule has 0 spiro atoms. The number of hydrogen-bond donors (Lipinski definition) is 0. The lowest BCUT2D eigenvalue weighted by atomic mass is 10.1. The maximum atomic E-state index is 11.4. The second kappa shape index (κ2) is 9.67. The number of unbranched alkanes of at least 4 members (excludes halogenated alkanes) is 1. The van der Waals surface area contributed by atoms with E-state index in [1.807, 2.05) is 54.6 Å². The summed E-state index contributed by atoms with van der Waals surface area (Å²) in [6, 6.07) is 18.0. The lowest BCUT2D eigenvalue weighted by Gasteiger charge is -2.08. The van der Waals surface area contributed by atoms with Gasteiger partial charge in [0.1, 0.15) is 12.4 Å². The summed E-state index contributed by atoms with van der Waals surface area (Å²) in [5.74, 6) is 0.743. The van der Waals surface area contributed by atoms with Crippen LogP contribution < -0.4 is 4.74 Å². The highest BCUT2D eigenvalue weighted by atomic mass is 16.5. The molecule has 0 heterocycles. The zero-order valence-corrected chi connectivity index (χ0v) is 13.7. The van der Waals surface area contributed by atoms with Crippen molar-refractivity contribution in [1.82, 2.24) is 0 Å². The van der Waals surface area contributed by atoms with Crippen molar-refractivity contribution in [1.29, 1.82) is 0 Å². The SMILES string of the molecule is CCCCC(=O)OCCc1ccc(OCc2ccccc2)cc1. The first-order chi connectivity index (χ1) is 11.3. The number of carbonyl (C=O) groups excluding carboxylic acids is 1. The quantitative estimate of drug-likeness (QED) is 0.638. The molecule has 0 unspecified atom stereocenters. The third-order valence-electron chi connectivity index (χ3n) is 3.56. The van der Waals surface area contributed by atoms with Crippen LogP contribution in [0.4, 0.5) is 0 Å². The molecule has 0 fully saturated rings. The second-order valence-corrected chi connectivity index (χ2v) is 5.49. The largest absolute Gasteiger partial charge is 0.489 e. The van der Waals surface area contributed by atoms with Gasteiger partial charge in [-0.15, -0.1) is 0 Å². The van der Waals surface area contributed by atoms with E-state index in [0.717, 1.165) is 36.1 Å². The minimum absolute atomic E-state index is 0.102. The van der Waals surface area contributed by atoms with Gasteiger partial charge < -0.3 is 9.47 Å². The van der Waals surface area contributed by atoms with Crippen molar-refractivity contribution < 1.29 is 14.3 Å². The maximum absolute atomic E-state index is 11.4. The Morgan fingerprint density at radius 2 is 1.70 bits per heavy atom. The van der Waals surface area contributed by atoms with E-state index in [1.165, 1.54) is 0 Å². The summed E-state index contributed by atoms with van der Waals surface area (Å²) in [5.41, 5.74) is 2.29. The number of hydrogen-bond acceptors (Lipinski definition) is 3. The van der Waals surface area contributed by atoms with Gasteiger partial charge in [-0.3, -0.25) is 4.79 Å². The van der Waals surface area contributed by atoms with Crippen molar-refractivity contribution in [3.8, 4) is 5.75 Å². The Kier molecular flexibility index (Phi) is 7.18. The van der Waals surface area contributed by atoms with Gasteiger partial charge in [-0.25, -0.2) is 0 Å². The van der Waals surface area contributed by atoms with Crippen LogP contribution in [0.1, 0.15) is 37.3 Å². The summed E-state index contributed by atoms with van der Waals surface area (Å²) < 4.78 is 11.0. The summed E-state index contributed by atoms with van der Waals surface area (Å²) >= 11 is 0. The van der Waals surface area contributed by atoms with Crippen LogP contribution in [0.25, 0.3) is 0 Å². The standard InChI is InChI=1S/C20H24O3/c1-2-3-9-20(21)22-15-14-17-10-12-19(13-11-17)23-16-18-7-5-4-6-8-18/h4-8,10-13H,2-3,9,14-16H2,1H3.